The minimum atomic E-state index is -1.34. The fourth-order valence-corrected chi connectivity index (χ4v) is 6.73. The molecule has 0 spiro atoms. The first-order valence-corrected chi connectivity index (χ1v) is 12.3. The molecule has 3 aliphatic rings. The lowest BCUT2D eigenvalue weighted by Gasteiger charge is -2.44. The average molecular weight is 447 g/mol. The van der Waals surface area contributed by atoms with Crippen LogP contribution in [0.1, 0.15) is 78.6 Å². The summed E-state index contributed by atoms with van der Waals surface area (Å²) in [4.78, 5) is 12.5. The van der Waals surface area contributed by atoms with E-state index in [1.807, 2.05) is 0 Å². The lowest BCUT2D eigenvalue weighted by atomic mass is 9.60. The Morgan fingerprint density at radius 2 is 2.03 bits per heavy atom. The third-order valence-electron chi connectivity index (χ3n) is 8.46. The minimum Gasteiger partial charge on any atom is -0.393 e. The Hall–Kier alpha value is -1.27. The molecule has 5 heteroatoms. The maximum Gasteiger partial charge on any atom is 0.136 e. The van der Waals surface area contributed by atoms with Crippen molar-refractivity contribution in [3.63, 3.8) is 0 Å². The zero-order chi connectivity index (χ0) is 23.7. The lowest BCUT2D eigenvalue weighted by Crippen LogP contribution is -2.37. The summed E-state index contributed by atoms with van der Waals surface area (Å²) in [5.74, 6) is 1.21. The number of aliphatic hydroxyl groups is 4. The highest BCUT2D eigenvalue weighted by atomic mass is 16.3. The van der Waals surface area contributed by atoms with Crippen LogP contribution >= 0.6 is 0 Å². The predicted octanol–water partition coefficient (Wildman–Crippen LogP) is 3.86. The van der Waals surface area contributed by atoms with Gasteiger partial charge in [-0.15, -0.1) is 0 Å². The fraction of sp³-hybridized carbons (Fsp3) is 0.741. The van der Waals surface area contributed by atoms with Crippen LogP contribution in [0.2, 0.25) is 0 Å². The van der Waals surface area contributed by atoms with Gasteiger partial charge in [0.25, 0.3) is 0 Å². The van der Waals surface area contributed by atoms with Gasteiger partial charge in [0.15, 0.2) is 0 Å². The van der Waals surface area contributed by atoms with Crippen molar-refractivity contribution in [2.45, 2.75) is 96.4 Å². The van der Waals surface area contributed by atoms with Crippen LogP contribution in [0.5, 0.6) is 0 Å². The summed E-state index contributed by atoms with van der Waals surface area (Å²) in [6, 6.07) is 0. The molecule has 7 atom stereocenters. The maximum absolute atomic E-state index is 12.5. The summed E-state index contributed by atoms with van der Waals surface area (Å²) in [6.45, 7) is 9.68. The molecule has 32 heavy (non-hydrogen) atoms. The van der Waals surface area contributed by atoms with Crippen molar-refractivity contribution in [3.8, 4) is 0 Å². The molecule has 0 amide bonds. The van der Waals surface area contributed by atoms with E-state index in [4.69, 9.17) is 0 Å². The van der Waals surface area contributed by atoms with Crippen molar-refractivity contribution < 1.29 is 25.2 Å². The number of hydrogen-bond acceptors (Lipinski definition) is 5. The Balaban J connectivity index is 1.72. The highest BCUT2D eigenvalue weighted by Crippen LogP contribution is 2.59. The Bertz CT molecular complexity index is 779. The van der Waals surface area contributed by atoms with Crippen LogP contribution in [0.4, 0.5) is 0 Å². The molecule has 0 radical (unpaired) electrons. The summed E-state index contributed by atoms with van der Waals surface area (Å²) in [6.07, 6.45) is 10.0. The Morgan fingerprint density at radius 1 is 1.31 bits per heavy atom. The molecule has 0 heterocycles. The summed E-state index contributed by atoms with van der Waals surface area (Å²) in [7, 11) is 0. The third kappa shape index (κ3) is 5.44. The number of Topliss-reactive ketones (excluding diaryl/α,β-unsaturated/α-hetero) is 1. The van der Waals surface area contributed by atoms with Crippen LogP contribution in [-0.2, 0) is 4.79 Å². The molecule has 3 fully saturated rings. The smallest absolute Gasteiger partial charge is 0.136 e. The summed E-state index contributed by atoms with van der Waals surface area (Å²) >= 11 is 0. The van der Waals surface area contributed by atoms with E-state index in [0.717, 1.165) is 43.3 Å². The van der Waals surface area contributed by atoms with E-state index >= 15 is 0 Å². The molecular formula is C27H42O5. The van der Waals surface area contributed by atoms with Gasteiger partial charge in [-0.05, 0) is 79.8 Å². The van der Waals surface area contributed by atoms with Crippen molar-refractivity contribution in [1.29, 1.82) is 0 Å². The highest BCUT2D eigenvalue weighted by Gasteiger charge is 2.50. The van der Waals surface area contributed by atoms with Crippen LogP contribution in [-0.4, -0.2) is 50.6 Å². The molecule has 3 rings (SSSR count). The third-order valence-corrected chi connectivity index (χ3v) is 8.46. The number of carbonyl (C=O) groups is 1. The van der Waals surface area contributed by atoms with Gasteiger partial charge >= 0.3 is 0 Å². The quantitative estimate of drug-likeness (QED) is 0.476. The first-order chi connectivity index (χ1) is 15.0. The number of hydrogen-bond donors (Lipinski definition) is 4. The predicted molar refractivity (Wildman–Crippen MR) is 126 cm³/mol. The van der Waals surface area contributed by atoms with E-state index in [9.17, 15) is 25.2 Å². The van der Waals surface area contributed by atoms with Gasteiger partial charge in [-0.1, -0.05) is 38.2 Å². The molecular weight excluding hydrogens is 404 g/mol. The van der Waals surface area contributed by atoms with Crippen molar-refractivity contribution in [1.82, 2.24) is 0 Å². The SMILES string of the molecule is C=C1/C(=C\C=C2CCC[C@@]3(C)C2CC[C@@H]3[C@H](C)CC(=O)CC(C)(O)CO)C[C@@H](O)CC1O. The number of ketones is 1. The van der Waals surface area contributed by atoms with Gasteiger partial charge in [-0.3, -0.25) is 4.79 Å². The van der Waals surface area contributed by atoms with Crippen LogP contribution in [0, 0.1) is 23.2 Å². The van der Waals surface area contributed by atoms with Gasteiger partial charge in [0.1, 0.15) is 5.78 Å². The molecule has 0 aromatic heterocycles. The molecule has 0 saturated heterocycles. The normalized spacial score (nSPS) is 38.5. The van der Waals surface area contributed by atoms with Crippen molar-refractivity contribution >= 4 is 5.78 Å². The van der Waals surface area contributed by atoms with Gasteiger partial charge in [0, 0.05) is 19.3 Å². The monoisotopic (exact) mass is 446 g/mol. The molecule has 3 saturated carbocycles. The van der Waals surface area contributed by atoms with Crippen LogP contribution in [0.15, 0.2) is 35.5 Å². The van der Waals surface area contributed by atoms with E-state index < -0.39 is 24.4 Å². The van der Waals surface area contributed by atoms with Crippen LogP contribution in [0.3, 0.4) is 0 Å². The van der Waals surface area contributed by atoms with Gasteiger partial charge in [-0.25, -0.2) is 0 Å². The zero-order valence-corrected chi connectivity index (χ0v) is 20.0. The molecule has 5 nitrogen and oxygen atoms in total. The van der Waals surface area contributed by atoms with Crippen molar-refractivity contribution in [2.24, 2.45) is 23.2 Å². The Morgan fingerprint density at radius 3 is 2.72 bits per heavy atom. The largest absolute Gasteiger partial charge is 0.393 e. The van der Waals surface area contributed by atoms with E-state index in [2.05, 4.69) is 32.6 Å². The Labute approximate surface area is 192 Å². The zero-order valence-electron chi connectivity index (χ0n) is 20.0. The van der Waals surface area contributed by atoms with E-state index in [1.54, 1.807) is 0 Å². The van der Waals surface area contributed by atoms with Crippen LogP contribution in [0.25, 0.3) is 0 Å². The second-order valence-corrected chi connectivity index (χ2v) is 11.2. The molecule has 0 bridgehead atoms. The number of allylic oxidation sites excluding steroid dienone is 3. The topological polar surface area (TPSA) is 98.0 Å². The van der Waals surface area contributed by atoms with Gasteiger partial charge < -0.3 is 20.4 Å². The molecule has 0 aromatic rings. The van der Waals surface area contributed by atoms with E-state index in [1.165, 1.54) is 12.5 Å². The average Bonchev–Trinajstić information content (AvgIpc) is 3.06. The number of carbonyl (C=O) groups excluding carboxylic acids is 1. The van der Waals surface area contributed by atoms with Crippen LogP contribution < -0.4 is 0 Å². The Kier molecular flexibility index (Phi) is 7.86. The minimum absolute atomic E-state index is 0.00101. The highest BCUT2D eigenvalue weighted by molar-refractivity contribution is 5.79. The van der Waals surface area contributed by atoms with Gasteiger partial charge in [0.2, 0.25) is 0 Å². The lowest BCUT2D eigenvalue weighted by molar-refractivity contribution is -0.126. The maximum atomic E-state index is 12.5. The van der Waals surface area contributed by atoms with E-state index in [-0.39, 0.29) is 23.5 Å². The first kappa shape index (κ1) is 25.4. The van der Waals surface area contributed by atoms with E-state index in [0.29, 0.717) is 31.1 Å². The number of aliphatic hydroxyl groups excluding tert-OH is 3. The summed E-state index contributed by atoms with van der Waals surface area (Å²) in [5.41, 5.74) is 1.93. The van der Waals surface area contributed by atoms with Crippen molar-refractivity contribution in [3.05, 3.63) is 35.5 Å². The second-order valence-electron chi connectivity index (χ2n) is 11.2. The number of fused-ring (bicyclic) bond motifs is 1. The van der Waals surface area contributed by atoms with Gasteiger partial charge in [0.05, 0.1) is 24.4 Å². The first-order valence-electron chi connectivity index (χ1n) is 12.3. The molecule has 0 aromatic carbocycles. The molecule has 3 unspecified atom stereocenters. The molecule has 0 aliphatic heterocycles. The molecule has 4 N–H and O–H groups in total. The second kappa shape index (κ2) is 9.92. The van der Waals surface area contributed by atoms with Gasteiger partial charge in [-0.2, -0.15) is 0 Å². The molecule has 180 valence electrons. The number of rotatable bonds is 7. The molecule has 3 aliphatic carbocycles. The fourth-order valence-electron chi connectivity index (χ4n) is 6.73. The standard InChI is InChI=1S/C27H42O5/c1-17(12-22(30)15-26(3,32)16-28)23-9-10-24-19(6-5-11-27(23,24)4)7-8-20-13-21(29)14-25(31)18(20)2/h7-8,17,21,23-25,28-29,31-32H,2,5-6,9-16H2,1,3-4H3/b19-7?,20-8-/t17-,21-,23-,24?,25?,26?,27-/m1/s1. The summed E-state index contributed by atoms with van der Waals surface area (Å²) < 4.78 is 0. The van der Waals surface area contributed by atoms with Crippen molar-refractivity contribution in [2.75, 3.05) is 6.61 Å². The summed E-state index contributed by atoms with van der Waals surface area (Å²) in [5, 5.41) is 39.5.